The Hall–Kier alpha value is -2.66. The lowest BCUT2D eigenvalue weighted by Crippen LogP contribution is -2.28. The molecule has 0 aromatic carbocycles. The molecule has 0 amide bonds. The minimum absolute atomic E-state index is 0.0735. The van der Waals surface area contributed by atoms with Gasteiger partial charge in [-0.1, -0.05) is 228 Å². The van der Waals surface area contributed by atoms with E-state index in [-0.39, 0.29) is 25.2 Å². The molecule has 358 valence electrons. The topological polar surface area (TPSA) is 72.8 Å². The van der Waals surface area contributed by atoms with Crippen LogP contribution in [0.25, 0.3) is 0 Å². The molecule has 0 aliphatic rings. The SMILES string of the molecule is CCCCCCC/C=C\C/C=C\C/C=C\CCCCCCCCCCCCC(=O)OC(CO)COC(=O)CCCCCCCCCC/C=C\C/C=C\C/C=C\CCCCCCC. The molecule has 0 aliphatic carbocycles. The van der Waals surface area contributed by atoms with E-state index in [2.05, 4.69) is 86.8 Å². The fourth-order valence-corrected chi connectivity index (χ4v) is 7.45. The van der Waals surface area contributed by atoms with Crippen molar-refractivity contribution in [3.8, 4) is 0 Å². The summed E-state index contributed by atoms with van der Waals surface area (Å²) in [7, 11) is 0. The normalized spacial score (nSPS) is 12.8. The van der Waals surface area contributed by atoms with Crippen LogP contribution in [0, 0.1) is 0 Å². The van der Waals surface area contributed by atoms with Crippen LogP contribution in [-0.2, 0) is 19.1 Å². The number of allylic oxidation sites excluding steroid dienone is 12. The predicted octanol–water partition coefficient (Wildman–Crippen LogP) is 17.6. The summed E-state index contributed by atoms with van der Waals surface area (Å²) in [5.74, 6) is -0.600. The summed E-state index contributed by atoms with van der Waals surface area (Å²) in [5.41, 5.74) is 0. The third kappa shape index (κ3) is 50.0. The van der Waals surface area contributed by atoms with Crippen LogP contribution in [0.2, 0.25) is 0 Å². The molecule has 1 atom stereocenters. The van der Waals surface area contributed by atoms with Crippen molar-refractivity contribution in [2.45, 2.75) is 264 Å². The Bertz CT molecular complexity index is 1110. The summed E-state index contributed by atoms with van der Waals surface area (Å²) >= 11 is 0. The second-order valence-corrected chi connectivity index (χ2v) is 17.6. The van der Waals surface area contributed by atoms with Crippen molar-refractivity contribution in [1.82, 2.24) is 0 Å². The zero-order valence-electron chi connectivity index (χ0n) is 40.9. The van der Waals surface area contributed by atoms with Crippen LogP contribution >= 0.6 is 0 Å². The zero-order valence-corrected chi connectivity index (χ0v) is 40.9. The van der Waals surface area contributed by atoms with E-state index in [4.69, 9.17) is 9.47 Å². The van der Waals surface area contributed by atoms with Gasteiger partial charge in [-0.15, -0.1) is 0 Å². The first-order chi connectivity index (χ1) is 30.6. The van der Waals surface area contributed by atoms with Crippen LogP contribution < -0.4 is 0 Å². The van der Waals surface area contributed by atoms with E-state index in [0.717, 1.165) is 64.2 Å². The van der Waals surface area contributed by atoms with Crippen molar-refractivity contribution in [1.29, 1.82) is 0 Å². The van der Waals surface area contributed by atoms with Gasteiger partial charge in [0.25, 0.3) is 0 Å². The molecule has 5 nitrogen and oxygen atoms in total. The van der Waals surface area contributed by atoms with Crippen LogP contribution in [0.3, 0.4) is 0 Å². The Labute approximate surface area is 384 Å². The fraction of sp³-hybridized carbons (Fsp3) is 0.754. The number of rotatable bonds is 48. The molecule has 0 saturated carbocycles. The Morgan fingerprint density at radius 3 is 0.968 bits per heavy atom. The number of esters is 2. The first-order valence-corrected chi connectivity index (χ1v) is 26.5. The van der Waals surface area contributed by atoms with Gasteiger partial charge in [-0.3, -0.25) is 9.59 Å². The highest BCUT2D eigenvalue weighted by Crippen LogP contribution is 2.15. The van der Waals surface area contributed by atoms with Crippen molar-refractivity contribution < 1.29 is 24.2 Å². The molecular formula is C57H100O5. The molecule has 0 spiro atoms. The smallest absolute Gasteiger partial charge is 0.306 e. The van der Waals surface area contributed by atoms with Crippen LogP contribution in [0.5, 0.6) is 0 Å². The van der Waals surface area contributed by atoms with Gasteiger partial charge in [0.2, 0.25) is 0 Å². The Morgan fingerprint density at radius 1 is 0.371 bits per heavy atom. The molecule has 0 heterocycles. The highest BCUT2D eigenvalue weighted by Gasteiger charge is 2.16. The van der Waals surface area contributed by atoms with E-state index >= 15 is 0 Å². The molecule has 0 aromatic heterocycles. The summed E-state index contributed by atoms with van der Waals surface area (Å²) in [5, 5.41) is 9.64. The highest BCUT2D eigenvalue weighted by atomic mass is 16.6. The van der Waals surface area contributed by atoms with Crippen LogP contribution in [0.1, 0.15) is 258 Å². The number of hydrogen-bond acceptors (Lipinski definition) is 5. The maximum atomic E-state index is 12.3. The Morgan fingerprint density at radius 2 is 0.645 bits per heavy atom. The molecule has 5 heteroatoms. The van der Waals surface area contributed by atoms with Gasteiger partial charge in [0.1, 0.15) is 6.61 Å². The summed E-state index contributed by atoms with van der Waals surface area (Å²) in [6.45, 7) is 4.12. The van der Waals surface area contributed by atoms with Crippen molar-refractivity contribution in [3.05, 3.63) is 72.9 Å². The second-order valence-electron chi connectivity index (χ2n) is 17.6. The lowest BCUT2D eigenvalue weighted by Gasteiger charge is -2.15. The van der Waals surface area contributed by atoms with E-state index in [0.29, 0.717) is 12.8 Å². The number of aliphatic hydroxyl groups excluding tert-OH is 1. The summed E-state index contributed by atoms with van der Waals surface area (Å²) in [6.07, 6.45) is 71.3. The molecule has 0 bridgehead atoms. The molecule has 0 radical (unpaired) electrons. The second kappa shape index (κ2) is 52.7. The van der Waals surface area contributed by atoms with Crippen molar-refractivity contribution in [3.63, 3.8) is 0 Å². The average molecular weight is 865 g/mol. The van der Waals surface area contributed by atoms with Crippen LogP contribution in [0.15, 0.2) is 72.9 Å². The summed E-state index contributed by atoms with van der Waals surface area (Å²) in [4.78, 5) is 24.5. The van der Waals surface area contributed by atoms with Gasteiger partial charge in [-0.25, -0.2) is 0 Å². The number of carbonyl (C=O) groups is 2. The fourth-order valence-electron chi connectivity index (χ4n) is 7.45. The summed E-state index contributed by atoms with van der Waals surface area (Å²) < 4.78 is 10.7. The summed E-state index contributed by atoms with van der Waals surface area (Å²) in [6, 6.07) is 0. The van der Waals surface area contributed by atoms with Gasteiger partial charge in [0.05, 0.1) is 6.61 Å². The van der Waals surface area contributed by atoms with Gasteiger partial charge in [0, 0.05) is 12.8 Å². The largest absolute Gasteiger partial charge is 0.462 e. The third-order valence-electron chi connectivity index (χ3n) is 11.5. The van der Waals surface area contributed by atoms with E-state index in [1.165, 1.54) is 167 Å². The van der Waals surface area contributed by atoms with Crippen molar-refractivity contribution in [2.75, 3.05) is 13.2 Å². The molecule has 1 N–H and O–H groups in total. The number of hydrogen-bond donors (Lipinski definition) is 1. The van der Waals surface area contributed by atoms with Gasteiger partial charge < -0.3 is 14.6 Å². The van der Waals surface area contributed by atoms with E-state index in [1.54, 1.807) is 0 Å². The van der Waals surface area contributed by atoms with Gasteiger partial charge in [-0.2, -0.15) is 0 Å². The number of carbonyl (C=O) groups excluding carboxylic acids is 2. The number of ether oxygens (including phenoxy) is 2. The van der Waals surface area contributed by atoms with Gasteiger partial charge in [-0.05, 0) is 89.9 Å². The Kier molecular flexibility index (Phi) is 50.4. The molecule has 0 fully saturated rings. The highest BCUT2D eigenvalue weighted by molar-refractivity contribution is 5.70. The predicted molar refractivity (Wildman–Crippen MR) is 270 cm³/mol. The van der Waals surface area contributed by atoms with Crippen LogP contribution in [-0.4, -0.2) is 36.4 Å². The lowest BCUT2D eigenvalue weighted by atomic mass is 10.0. The maximum absolute atomic E-state index is 12.3. The number of aliphatic hydroxyl groups is 1. The Balaban J connectivity index is 3.54. The van der Waals surface area contributed by atoms with E-state index in [9.17, 15) is 14.7 Å². The molecule has 0 aliphatic heterocycles. The minimum Gasteiger partial charge on any atom is -0.462 e. The van der Waals surface area contributed by atoms with Gasteiger partial charge in [0.15, 0.2) is 6.10 Å². The first kappa shape index (κ1) is 59.3. The molecular weight excluding hydrogens is 765 g/mol. The molecule has 0 rings (SSSR count). The molecule has 0 saturated heterocycles. The third-order valence-corrected chi connectivity index (χ3v) is 11.5. The van der Waals surface area contributed by atoms with Crippen molar-refractivity contribution >= 4 is 11.9 Å². The van der Waals surface area contributed by atoms with Gasteiger partial charge >= 0.3 is 11.9 Å². The van der Waals surface area contributed by atoms with E-state index < -0.39 is 6.10 Å². The van der Waals surface area contributed by atoms with Crippen LogP contribution in [0.4, 0.5) is 0 Å². The minimum atomic E-state index is -0.781. The zero-order chi connectivity index (χ0) is 44.9. The molecule has 0 aromatic rings. The quantitative estimate of drug-likeness (QED) is 0.0375. The van der Waals surface area contributed by atoms with E-state index in [1.807, 2.05) is 0 Å². The standard InChI is InChI=1S/C57H100O5/c1-3-5-7-9-11-13-15-17-19-21-23-25-27-28-30-32-34-36-38-40-42-44-46-48-50-52-57(60)62-55(53-58)54-61-56(59)51-49-47-45-43-41-39-37-35-33-31-29-26-24-22-20-18-16-14-12-10-8-6-4-2/h15-18,21-24,27-29,31,55,58H,3-14,19-20,25-26,30,32-54H2,1-2H3/b17-15-,18-16-,23-21-,24-22-,28-27-,31-29-. The molecule has 1 unspecified atom stereocenters. The maximum Gasteiger partial charge on any atom is 0.306 e. The average Bonchev–Trinajstić information content (AvgIpc) is 3.28. The monoisotopic (exact) mass is 865 g/mol. The number of unbranched alkanes of at least 4 members (excludes halogenated alkanes) is 28. The molecule has 62 heavy (non-hydrogen) atoms. The van der Waals surface area contributed by atoms with Crippen molar-refractivity contribution in [2.24, 2.45) is 0 Å². The first-order valence-electron chi connectivity index (χ1n) is 26.5. The lowest BCUT2D eigenvalue weighted by molar-refractivity contribution is -0.161.